The number of hydrogen-bond donors (Lipinski definition) is 1. The molecule has 1 aromatic carbocycles. The molecule has 5 heteroatoms. The van der Waals surface area contributed by atoms with Gasteiger partial charge in [0.05, 0.1) is 0 Å². The van der Waals surface area contributed by atoms with Gasteiger partial charge in [0.15, 0.2) is 0 Å². The molecular weight excluding hydrogens is 286 g/mol. The first-order chi connectivity index (χ1) is 9.58. The number of halogens is 1. The van der Waals surface area contributed by atoms with Crippen LogP contribution in [0.15, 0.2) is 48.5 Å². The standard InChI is InChI=1S/C16H19N3O.ClH/c1-12(2)19(11-13-7-4-3-5-8-13)16(20)14-9-6-10-15(17)18-14;/h3-10,12H,11H2,1-2H3,(H2,17,18);1H. The molecule has 21 heavy (non-hydrogen) atoms. The van der Waals surface area contributed by atoms with E-state index in [9.17, 15) is 4.79 Å². The number of amides is 1. The highest BCUT2D eigenvalue weighted by molar-refractivity contribution is 5.92. The molecule has 4 nitrogen and oxygen atoms in total. The monoisotopic (exact) mass is 305 g/mol. The van der Waals surface area contributed by atoms with Crippen LogP contribution in [-0.2, 0) is 6.54 Å². The van der Waals surface area contributed by atoms with Crippen LogP contribution in [0.25, 0.3) is 0 Å². The number of carbonyl (C=O) groups excluding carboxylic acids is 1. The van der Waals surface area contributed by atoms with Crippen molar-refractivity contribution >= 4 is 24.1 Å². The topological polar surface area (TPSA) is 59.2 Å². The Labute approximate surface area is 131 Å². The fourth-order valence-electron chi connectivity index (χ4n) is 1.99. The van der Waals surface area contributed by atoms with E-state index in [1.54, 1.807) is 23.1 Å². The van der Waals surface area contributed by atoms with E-state index in [1.807, 2.05) is 44.2 Å². The van der Waals surface area contributed by atoms with Crippen molar-refractivity contribution < 1.29 is 4.79 Å². The highest BCUT2D eigenvalue weighted by atomic mass is 35.5. The average molecular weight is 306 g/mol. The fraction of sp³-hybridized carbons (Fsp3) is 0.250. The summed E-state index contributed by atoms with van der Waals surface area (Å²) in [6, 6.07) is 15.1. The van der Waals surface area contributed by atoms with Crippen LogP contribution in [0.3, 0.4) is 0 Å². The van der Waals surface area contributed by atoms with Gasteiger partial charge < -0.3 is 10.6 Å². The molecule has 0 radical (unpaired) electrons. The second-order valence-electron chi connectivity index (χ2n) is 4.96. The predicted molar refractivity (Wildman–Crippen MR) is 87.3 cm³/mol. The van der Waals surface area contributed by atoms with Crippen LogP contribution in [0.5, 0.6) is 0 Å². The molecule has 112 valence electrons. The summed E-state index contributed by atoms with van der Waals surface area (Å²) in [5.41, 5.74) is 7.12. The summed E-state index contributed by atoms with van der Waals surface area (Å²) in [5.74, 6) is 0.260. The first kappa shape index (κ1) is 17.0. The Balaban J connectivity index is 0.00000220. The Kier molecular flexibility index (Phi) is 6.18. The molecule has 0 spiro atoms. The van der Waals surface area contributed by atoms with E-state index in [1.165, 1.54) is 0 Å². The summed E-state index contributed by atoms with van der Waals surface area (Å²) in [4.78, 5) is 18.4. The Bertz CT molecular complexity index is 587. The minimum atomic E-state index is -0.101. The number of aromatic nitrogens is 1. The fourth-order valence-corrected chi connectivity index (χ4v) is 1.99. The highest BCUT2D eigenvalue weighted by Crippen LogP contribution is 2.13. The summed E-state index contributed by atoms with van der Waals surface area (Å²) >= 11 is 0. The third-order valence-corrected chi connectivity index (χ3v) is 3.07. The Hall–Kier alpha value is -2.07. The van der Waals surface area contributed by atoms with Gasteiger partial charge in [0.25, 0.3) is 5.91 Å². The molecule has 0 bridgehead atoms. The van der Waals surface area contributed by atoms with E-state index in [4.69, 9.17) is 5.73 Å². The molecule has 0 atom stereocenters. The van der Waals surface area contributed by atoms with Gasteiger partial charge in [0, 0.05) is 12.6 Å². The lowest BCUT2D eigenvalue weighted by molar-refractivity contribution is 0.0684. The zero-order chi connectivity index (χ0) is 14.5. The number of nitrogens with two attached hydrogens (primary N) is 1. The summed E-state index contributed by atoms with van der Waals surface area (Å²) in [7, 11) is 0. The lowest BCUT2D eigenvalue weighted by Gasteiger charge is -2.26. The molecule has 1 amide bonds. The minimum absolute atomic E-state index is 0. The first-order valence-corrected chi connectivity index (χ1v) is 6.65. The Morgan fingerprint density at radius 3 is 2.38 bits per heavy atom. The molecule has 0 saturated heterocycles. The third-order valence-electron chi connectivity index (χ3n) is 3.07. The van der Waals surface area contributed by atoms with Crippen molar-refractivity contribution in [1.82, 2.24) is 9.88 Å². The van der Waals surface area contributed by atoms with E-state index in [0.29, 0.717) is 18.1 Å². The van der Waals surface area contributed by atoms with Crippen molar-refractivity contribution in [1.29, 1.82) is 0 Å². The maximum Gasteiger partial charge on any atom is 0.273 e. The molecular formula is C16H20ClN3O. The summed E-state index contributed by atoms with van der Waals surface area (Å²) < 4.78 is 0. The number of nitrogen functional groups attached to an aromatic ring is 1. The van der Waals surface area contributed by atoms with Crippen molar-refractivity contribution in [2.75, 3.05) is 5.73 Å². The molecule has 0 aliphatic carbocycles. The third kappa shape index (κ3) is 4.46. The zero-order valence-corrected chi connectivity index (χ0v) is 13.0. The summed E-state index contributed by atoms with van der Waals surface area (Å²) in [6.07, 6.45) is 0. The molecule has 2 rings (SSSR count). The number of hydrogen-bond acceptors (Lipinski definition) is 3. The number of rotatable bonds is 4. The molecule has 0 aliphatic rings. The van der Waals surface area contributed by atoms with Gasteiger partial charge in [-0.15, -0.1) is 12.4 Å². The number of carbonyl (C=O) groups is 1. The van der Waals surface area contributed by atoms with E-state index in [2.05, 4.69) is 4.98 Å². The SMILES string of the molecule is CC(C)N(Cc1ccccc1)C(=O)c1cccc(N)n1.Cl. The van der Waals surface area contributed by atoms with Gasteiger partial charge in [-0.25, -0.2) is 4.98 Å². The normalized spacial score (nSPS) is 10.0. The number of benzene rings is 1. The van der Waals surface area contributed by atoms with Crippen LogP contribution in [0, 0.1) is 0 Å². The van der Waals surface area contributed by atoms with Crippen LogP contribution in [0.4, 0.5) is 5.82 Å². The van der Waals surface area contributed by atoms with E-state index in [0.717, 1.165) is 5.56 Å². The van der Waals surface area contributed by atoms with Gasteiger partial charge in [0.2, 0.25) is 0 Å². The zero-order valence-electron chi connectivity index (χ0n) is 12.2. The van der Waals surface area contributed by atoms with Crippen molar-refractivity contribution in [3.63, 3.8) is 0 Å². The van der Waals surface area contributed by atoms with Crippen LogP contribution in [0.2, 0.25) is 0 Å². The lowest BCUT2D eigenvalue weighted by Crippen LogP contribution is -2.36. The molecule has 0 aliphatic heterocycles. The van der Waals surface area contributed by atoms with Gasteiger partial charge >= 0.3 is 0 Å². The molecule has 2 N–H and O–H groups in total. The van der Waals surface area contributed by atoms with Gasteiger partial charge in [0.1, 0.15) is 11.5 Å². The molecule has 1 aromatic heterocycles. The van der Waals surface area contributed by atoms with Crippen molar-refractivity contribution in [3.05, 3.63) is 59.8 Å². The number of pyridine rings is 1. The van der Waals surface area contributed by atoms with Crippen LogP contribution >= 0.6 is 12.4 Å². The minimum Gasteiger partial charge on any atom is -0.384 e. The molecule has 0 saturated carbocycles. The van der Waals surface area contributed by atoms with E-state index >= 15 is 0 Å². The van der Waals surface area contributed by atoms with Crippen molar-refractivity contribution in [3.8, 4) is 0 Å². The van der Waals surface area contributed by atoms with E-state index < -0.39 is 0 Å². The highest BCUT2D eigenvalue weighted by Gasteiger charge is 2.20. The van der Waals surface area contributed by atoms with Gasteiger partial charge in [-0.1, -0.05) is 36.4 Å². The predicted octanol–water partition coefficient (Wildman–Crippen LogP) is 3.14. The van der Waals surface area contributed by atoms with Crippen molar-refractivity contribution in [2.24, 2.45) is 0 Å². The van der Waals surface area contributed by atoms with Gasteiger partial charge in [-0.2, -0.15) is 0 Å². The smallest absolute Gasteiger partial charge is 0.273 e. The second kappa shape index (κ2) is 7.64. The molecule has 0 unspecified atom stereocenters. The molecule has 1 heterocycles. The Morgan fingerprint density at radius 1 is 1.14 bits per heavy atom. The summed E-state index contributed by atoms with van der Waals surface area (Å²) in [6.45, 7) is 4.55. The van der Waals surface area contributed by atoms with Crippen LogP contribution < -0.4 is 5.73 Å². The molecule has 2 aromatic rings. The van der Waals surface area contributed by atoms with Crippen LogP contribution in [-0.4, -0.2) is 21.8 Å². The summed E-state index contributed by atoms with van der Waals surface area (Å²) in [5, 5.41) is 0. The number of anilines is 1. The largest absolute Gasteiger partial charge is 0.384 e. The maximum absolute atomic E-state index is 12.6. The van der Waals surface area contributed by atoms with Gasteiger partial charge in [-0.05, 0) is 31.5 Å². The second-order valence-corrected chi connectivity index (χ2v) is 4.96. The number of nitrogens with zero attached hydrogens (tertiary/aromatic N) is 2. The Morgan fingerprint density at radius 2 is 1.81 bits per heavy atom. The maximum atomic E-state index is 12.6. The lowest BCUT2D eigenvalue weighted by atomic mass is 10.1. The van der Waals surface area contributed by atoms with Crippen molar-refractivity contribution in [2.45, 2.75) is 26.4 Å². The molecule has 0 fully saturated rings. The first-order valence-electron chi connectivity index (χ1n) is 6.65. The van der Waals surface area contributed by atoms with E-state index in [-0.39, 0.29) is 24.4 Å². The van der Waals surface area contributed by atoms with Gasteiger partial charge in [-0.3, -0.25) is 4.79 Å². The quantitative estimate of drug-likeness (QED) is 0.944. The van der Waals surface area contributed by atoms with Crippen LogP contribution in [0.1, 0.15) is 29.9 Å². The average Bonchev–Trinajstić information content (AvgIpc) is 2.45.